The number of aromatic nitrogens is 2. The largest absolute Gasteiger partial charge is 0.491 e. The number of nitrogens with zero attached hydrogens (tertiary/aromatic N) is 3. The minimum Gasteiger partial charge on any atom is -0.491 e. The first-order valence-corrected chi connectivity index (χ1v) is 6.51. The maximum Gasteiger partial charge on any atom is 0.389 e. The molecule has 1 aromatic carbocycles. The van der Waals surface area contributed by atoms with Crippen LogP contribution in [0.5, 0.6) is 5.75 Å². The molecule has 21 heavy (non-hydrogen) atoms. The Morgan fingerprint density at radius 2 is 2.05 bits per heavy atom. The van der Waals surface area contributed by atoms with Crippen LogP contribution in [0.15, 0.2) is 30.5 Å². The number of aliphatic hydroxyl groups is 1. The van der Waals surface area contributed by atoms with Gasteiger partial charge in [0.15, 0.2) is 0 Å². The van der Waals surface area contributed by atoms with Gasteiger partial charge in [0.25, 0.3) is 0 Å². The van der Waals surface area contributed by atoms with Gasteiger partial charge in [-0.3, -0.25) is 0 Å². The van der Waals surface area contributed by atoms with Gasteiger partial charge in [0.05, 0.1) is 23.9 Å². The molecule has 0 fully saturated rings. The Morgan fingerprint density at radius 1 is 1.38 bits per heavy atom. The van der Waals surface area contributed by atoms with E-state index in [9.17, 15) is 15.2 Å². The van der Waals surface area contributed by atoms with Crippen LogP contribution in [0.25, 0.3) is 0 Å². The summed E-state index contributed by atoms with van der Waals surface area (Å²) in [4.78, 5) is 9.94. The molecule has 7 heteroatoms. The standard InChI is InChI=1S/C14H17N3O4/c1-10-5-11(2)7-13(6-10)21-9-12(18)8-16-4-3-14(15-16)17(19)20/h3-7,12,18H,8-9H2,1-2H3. The van der Waals surface area contributed by atoms with Crippen molar-refractivity contribution < 1.29 is 14.8 Å². The van der Waals surface area contributed by atoms with Crippen LogP contribution in [0.1, 0.15) is 11.1 Å². The maximum atomic E-state index is 10.5. The van der Waals surface area contributed by atoms with Crippen LogP contribution in [-0.4, -0.2) is 32.5 Å². The molecule has 1 atom stereocenters. The average molecular weight is 291 g/mol. The first-order chi connectivity index (χ1) is 9.94. The molecule has 1 unspecified atom stereocenters. The SMILES string of the molecule is Cc1cc(C)cc(OCC(O)Cn2ccc([N+](=O)[O-])n2)c1. The molecule has 0 saturated heterocycles. The number of hydrogen-bond donors (Lipinski definition) is 1. The predicted octanol–water partition coefficient (Wildman–Crippen LogP) is 1.85. The van der Waals surface area contributed by atoms with Gasteiger partial charge in [-0.15, -0.1) is 0 Å². The number of hydrogen-bond acceptors (Lipinski definition) is 5. The lowest BCUT2D eigenvalue weighted by atomic mass is 10.1. The molecule has 1 heterocycles. The van der Waals surface area contributed by atoms with E-state index in [1.165, 1.54) is 16.9 Å². The quantitative estimate of drug-likeness (QED) is 0.648. The third kappa shape index (κ3) is 4.28. The second-order valence-electron chi connectivity index (χ2n) is 4.94. The second-order valence-corrected chi connectivity index (χ2v) is 4.94. The van der Waals surface area contributed by atoms with Crippen molar-refractivity contribution in [2.24, 2.45) is 0 Å². The van der Waals surface area contributed by atoms with Crippen molar-refractivity contribution in [2.75, 3.05) is 6.61 Å². The van der Waals surface area contributed by atoms with Crippen LogP contribution in [0.2, 0.25) is 0 Å². The highest BCUT2D eigenvalue weighted by molar-refractivity contribution is 5.32. The molecular formula is C14H17N3O4. The monoisotopic (exact) mass is 291 g/mol. The normalized spacial score (nSPS) is 12.1. The molecule has 0 aliphatic heterocycles. The van der Waals surface area contributed by atoms with Gasteiger partial charge in [-0.05, 0) is 42.0 Å². The molecule has 2 rings (SSSR count). The summed E-state index contributed by atoms with van der Waals surface area (Å²) in [6, 6.07) is 7.10. The summed E-state index contributed by atoms with van der Waals surface area (Å²) in [6.45, 7) is 4.17. The molecule has 7 nitrogen and oxygen atoms in total. The lowest BCUT2D eigenvalue weighted by molar-refractivity contribution is -0.389. The molecule has 0 aliphatic rings. The maximum absolute atomic E-state index is 10.5. The van der Waals surface area contributed by atoms with Crippen molar-refractivity contribution in [1.82, 2.24) is 9.78 Å². The molecule has 2 aromatic rings. The Kier molecular flexibility index (Phi) is 4.54. The van der Waals surface area contributed by atoms with Gasteiger partial charge >= 0.3 is 5.82 Å². The van der Waals surface area contributed by atoms with Crippen molar-refractivity contribution in [1.29, 1.82) is 0 Å². The van der Waals surface area contributed by atoms with Crippen LogP contribution in [-0.2, 0) is 6.54 Å². The molecular weight excluding hydrogens is 274 g/mol. The summed E-state index contributed by atoms with van der Waals surface area (Å²) in [5.41, 5.74) is 2.17. The fourth-order valence-corrected chi connectivity index (χ4v) is 2.03. The summed E-state index contributed by atoms with van der Waals surface area (Å²) in [5.74, 6) is 0.454. The fourth-order valence-electron chi connectivity index (χ4n) is 2.03. The van der Waals surface area contributed by atoms with Crippen molar-refractivity contribution in [3.05, 3.63) is 51.7 Å². The molecule has 0 bridgehead atoms. The lowest BCUT2D eigenvalue weighted by Crippen LogP contribution is -2.24. The van der Waals surface area contributed by atoms with Gasteiger partial charge in [-0.1, -0.05) is 6.07 Å². The molecule has 112 valence electrons. The molecule has 1 aromatic heterocycles. The zero-order chi connectivity index (χ0) is 15.4. The Hall–Kier alpha value is -2.41. The number of benzene rings is 1. The molecule has 0 spiro atoms. The highest BCUT2D eigenvalue weighted by atomic mass is 16.6. The van der Waals surface area contributed by atoms with E-state index in [2.05, 4.69) is 5.10 Å². The van der Waals surface area contributed by atoms with E-state index in [0.29, 0.717) is 5.75 Å². The van der Waals surface area contributed by atoms with Gasteiger partial charge in [-0.25, -0.2) is 0 Å². The fraction of sp³-hybridized carbons (Fsp3) is 0.357. The Morgan fingerprint density at radius 3 is 2.62 bits per heavy atom. The van der Waals surface area contributed by atoms with E-state index < -0.39 is 11.0 Å². The van der Waals surface area contributed by atoms with Crippen molar-refractivity contribution in [3.63, 3.8) is 0 Å². The number of nitro groups is 1. The van der Waals surface area contributed by atoms with Gasteiger partial charge in [0, 0.05) is 0 Å². The zero-order valence-corrected chi connectivity index (χ0v) is 11.9. The smallest absolute Gasteiger partial charge is 0.389 e. The first kappa shape index (κ1) is 15.0. The Bertz CT molecular complexity index is 619. The Labute approximate surface area is 121 Å². The minimum absolute atomic E-state index is 0.0938. The number of aryl methyl sites for hydroxylation is 2. The highest BCUT2D eigenvalue weighted by Gasteiger charge is 2.14. The lowest BCUT2D eigenvalue weighted by Gasteiger charge is -2.12. The molecule has 0 saturated carbocycles. The summed E-state index contributed by atoms with van der Waals surface area (Å²) in [6.07, 6.45) is 0.656. The van der Waals surface area contributed by atoms with Crippen molar-refractivity contribution in [3.8, 4) is 5.75 Å². The van der Waals surface area contributed by atoms with Gasteiger partial charge < -0.3 is 20.0 Å². The van der Waals surface area contributed by atoms with E-state index in [-0.39, 0.29) is 19.0 Å². The summed E-state index contributed by atoms with van der Waals surface area (Å²) >= 11 is 0. The number of rotatable bonds is 6. The van der Waals surface area contributed by atoms with Crippen LogP contribution >= 0.6 is 0 Å². The van der Waals surface area contributed by atoms with Crippen LogP contribution in [0.4, 0.5) is 5.82 Å². The second kappa shape index (κ2) is 6.36. The summed E-state index contributed by atoms with van der Waals surface area (Å²) < 4.78 is 6.86. The summed E-state index contributed by atoms with van der Waals surface area (Å²) in [7, 11) is 0. The average Bonchev–Trinajstić information content (AvgIpc) is 2.84. The zero-order valence-electron chi connectivity index (χ0n) is 11.9. The van der Waals surface area contributed by atoms with E-state index in [4.69, 9.17) is 4.74 Å². The predicted molar refractivity (Wildman–Crippen MR) is 76.3 cm³/mol. The van der Waals surface area contributed by atoms with Gasteiger partial charge in [-0.2, -0.15) is 4.68 Å². The topological polar surface area (TPSA) is 90.4 Å². The van der Waals surface area contributed by atoms with E-state index in [0.717, 1.165) is 11.1 Å². The Balaban J connectivity index is 1.89. The van der Waals surface area contributed by atoms with Gasteiger partial charge in [0.2, 0.25) is 0 Å². The first-order valence-electron chi connectivity index (χ1n) is 6.51. The third-order valence-electron chi connectivity index (χ3n) is 2.85. The van der Waals surface area contributed by atoms with E-state index >= 15 is 0 Å². The van der Waals surface area contributed by atoms with Crippen molar-refractivity contribution >= 4 is 5.82 Å². The van der Waals surface area contributed by atoms with E-state index in [1.807, 2.05) is 32.0 Å². The molecule has 0 amide bonds. The highest BCUT2D eigenvalue weighted by Crippen LogP contribution is 2.16. The van der Waals surface area contributed by atoms with Crippen LogP contribution in [0, 0.1) is 24.0 Å². The van der Waals surface area contributed by atoms with Crippen LogP contribution < -0.4 is 4.74 Å². The van der Waals surface area contributed by atoms with Crippen LogP contribution in [0.3, 0.4) is 0 Å². The molecule has 1 N–H and O–H groups in total. The number of aliphatic hydroxyl groups excluding tert-OH is 1. The minimum atomic E-state index is -0.801. The third-order valence-corrected chi connectivity index (χ3v) is 2.85. The molecule has 0 radical (unpaired) electrons. The van der Waals surface area contributed by atoms with Crippen molar-refractivity contribution in [2.45, 2.75) is 26.5 Å². The van der Waals surface area contributed by atoms with E-state index in [1.54, 1.807) is 0 Å². The molecule has 0 aliphatic carbocycles. The summed E-state index contributed by atoms with van der Waals surface area (Å²) in [5, 5.41) is 24.1. The van der Waals surface area contributed by atoms with Gasteiger partial charge in [0.1, 0.15) is 18.5 Å². The number of ether oxygens (including phenoxy) is 1.